The number of halogens is 2. The molecule has 0 radical (unpaired) electrons. The van der Waals surface area contributed by atoms with Crippen molar-refractivity contribution in [1.29, 1.82) is 0 Å². The van der Waals surface area contributed by atoms with E-state index in [-0.39, 0.29) is 0 Å². The van der Waals surface area contributed by atoms with E-state index in [0.29, 0.717) is 27.5 Å². The van der Waals surface area contributed by atoms with E-state index in [1.165, 1.54) is 0 Å². The quantitative estimate of drug-likeness (QED) is 0.582. The first-order chi connectivity index (χ1) is 12.1. The van der Waals surface area contributed by atoms with Gasteiger partial charge in [-0.2, -0.15) is 0 Å². The lowest BCUT2D eigenvalue weighted by molar-refractivity contribution is 0.945. The topological polar surface area (TPSA) is 38.7 Å². The van der Waals surface area contributed by atoms with Crippen LogP contribution in [-0.4, -0.2) is 15.0 Å². The van der Waals surface area contributed by atoms with Crippen molar-refractivity contribution < 1.29 is 0 Å². The highest BCUT2D eigenvalue weighted by Crippen LogP contribution is 2.13. The van der Waals surface area contributed by atoms with Crippen molar-refractivity contribution in [3.8, 4) is 0 Å². The number of rotatable bonds is 4. The van der Waals surface area contributed by atoms with Crippen LogP contribution in [0, 0.1) is 6.92 Å². The molecule has 0 spiro atoms. The molecule has 1 aromatic heterocycles. The van der Waals surface area contributed by atoms with Gasteiger partial charge in [0.25, 0.3) is 0 Å². The predicted molar refractivity (Wildman–Crippen MR) is 105 cm³/mol. The molecule has 0 fully saturated rings. The van der Waals surface area contributed by atoms with E-state index in [1.807, 2.05) is 79.8 Å². The van der Waals surface area contributed by atoms with Crippen molar-refractivity contribution in [3.05, 3.63) is 87.2 Å². The van der Waals surface area contributed by atoms with Gasteiger partial charge >= 0.3 is 0 Å². The van der Waals surface area contributed by atoms with Gasteiger partial charge in [-0.05, 0) is 54.5 Å². The minimum atomic E-state index is 0.609. The van der Waals surface area contributed by atoms with Crippen molar-refractivity contribution >= 4 is 47.5 Å². The molecule has 25 heavy (non-hydrogen) atoms. The minimum Gasteiger partial charge on any atom is -0.214 e. The molecule has 0 amide bonds. The van der Waals surface area contributed by atoms with Crippen LogP contribution in [0.1, 0.15) is 28.6 Å². The average Bonchev–Trinajstić information content (AvgIpc) is 2.60. The summed E-state index contributed by atoms with van der Waals surface area (Å²) >= 11 is 11.8. The van der Waals surface area contributed by atoms with E-state index in [1.54, 1.807) is 0 Å². The van der Waals surface area contributed by atoms with Crippen LogP contribution >= 0.6 is 23.2 Å². The van der Waals surface area contributed by atoms with Gasteiger partial charge < -0.3 is 0 Å². The Morgan fingerprint density at radius 3 is 1.40 bits per heavy atom. The second-order valence-electron chi connectivity index (χ2n) is 5.37. The summed E-state index contributed by atoms with van der Waals surface area (Å²) in [6, 6.07) is 15.1. The smallest absolute Gasteiger partial charge is 0.156 e. The number of benzene rings is 2. The van der Waals surface area contributed by atoms with Gasteiger partial charge in [0.05, 0.1) is 0 Å². The summed E-state index contributed by atoms with van der Waals surface area (Å²) in [6.45, 7) is 1.85. The summed E-state index contributed by atoms with van der Waals surface area (Å²) in [5.74, 6) is 1.89. The van der Waals surface area contributed by atoms with Crippen LogP contribution in [-0.2, 0) is 0 Å². The third-order valence-corrected chi connectivity index (χ3v) is 3.88. The molecule has 3 rings (SSSR count). The molecule has 2 aromatic carbocycles. The molecular weight excluding hydrogens is 353 g/mol. The summed E-state index contributed by atoms with van der Waals surface area (Å²) in [4.78, 5) is 13.1. The molecule has 0 atom stereocenters. The van der Waals surface area contributed by atoms with Crippen molar-refractivity contribution in [2.45, 2.75) is 6.92 Å². The van der Waals surface area contributed by atoms with Crippen molar-refractivity contribution in [1.82, 2.24) is 15.0 Å². The third-order valence-electron chi connectivity index (χ3n) is 3.37. The Kier molecular flexibility index (Phi) is 5.59. The van der Waals surface area contributed by atoms with Gasteiger partial charge in [-0.25, -0.2) is 15.0 Å². The van der Waals surface area contributed by atoms with Crippen LogP contribution < -0.4 is 0 Å². The van der Waals surface area contributed by atoms with Gasteiger partial charge in [-0.3, -0.25) is 0 Å². The zero-order chi connectivity index (χ0) is 17.6. The van der Waals surface area contributed by atoms with Gasteiger partial charge in [0.1, 0.15) is 5.82 Å². The maximum Gasteiger partial charge on any atom is 0.156 e. The summed E-state index contributed by atoms with van der Waals surface area (Å²) < 4.78 is 0. The maximum atomic E-state index is 5.89. The molecule has 0 N–H and O–H groups in total. The second kappa shape index (κ2) is 8.06. The lowest BCUT2D eigenvalue weighted by Gasteiger charge is -1.99. The van der Waals surface area contributed by atoms with Crippen LogP contribution in [0.3, 0.4) is 0 Å². The zero-order valence-electron chi connectivity index (χ0n) is 13.5. The first kappa shape index (κ1) is 17.3. The highest BCUT2D eigenvalue weighted by atomic mass is 35.5. The van der Waals surface area contributed by atoms with E-state index in [2.05, 4.69) is 15.0 Å². The number of nitrogens with zero attached hydrogens (tertiary/aromatic N) is 3. The van der Waals surface area contributed by atoms with E-state index in [4.69, 9.17) is 23.2 Å². The summed E-state index contributed by atoms with van der Waals surface area (Å²) in [6.07, 6.45) is 7.60. The molecule has 124 valence electrons. The molecule has 0 unspecified atom stereocenters. The molecular formula is C20H15Cl2N3. The van der Waals surface area contributed by atoms with E-state index in [0.717, 1.165) is 11.1 Å². The minimum absolute atomic E-state index is 0.609. The van der Waals surface area contributed by atoms with Gasteiger partial charge in [-0.1, -0.05) is 59.6 Å². The number of hydrogen-bond acceptors (Lipinski definition) is 3. The SMILES string of the molecule is Cc1nc(/C=C/c2ccc(Cl)cc2)nc(/C=C/c2ccc(Cl)cc2)n1. The lowest BCUT2D eigenvalue weighted by Crippen LogP contribution is -1.98. The van der Waals surface area contributed by atoms with Gasteiger partial charge in [0, 0.05) is 10.0 Å². The largest absolute Gasteiger partial charge is 0.214 e. The number of hydrogen-bond donors (Lipinski definition) is 0. The van der Waals surface area contributed by atoms with Crippen LogP contribution in [0.15, 0.2) is 48.5 Å². The predicted octanol–water partition coefficient (Wildman–Crippen LogP) is 5.83. The van der Waals surface area contributed by atoms with Crippen LogP contribution in [0.5, 0.6) is 0 Å². The molecule has 1 heterocycles. The Morgan fingerprint density at radius 1 is 0.600 bits per heavy atom. The Bertz CT molecular complexity index is 841. The van der Waals surface area contributed by atoms with Gasteiger partial charge in [-0.15, -0.1) is 0 Å². The Balaban J connectivity index is 1.80. The average molecular weight is 368 g/mol. The first-order valence-corrected chi connectivity index (χ1v) is 8.44. The molecule has 0 aliphatic carbocycles. The van der Waals surface area contributed by atoms with Crippen molar-refractivity contribution in [3.63, 3.8) is 0 Å². The van der Waals surface area contributed by atoms with E-state index >= 15 is 0 Å². The van der Waals surface area contributed by atoms with Crippen LogP contribution in [0.2, 0.25) is 10.0 Å². The maximum absolute atomic E-state index is 5.89. The normalized spacial score (nSPS) is 11.5. The standard InChI is InChI=1S/C20H15Cl2N3/c1-14-23-19(12-6-15-2-8-17(21)9-3-15)25-20(24-14)13-7-16-4-10-18(22)11-5-16/h2-13H,1H3/b12-6+,13-7+. The fourth-order valence-electron chi connectivity index (χ4n) is 2.16. The fourth-order valence-corrected chi connectivity index (χ4v) is 2.41. The van der Waals surface area contributed by atoms with Crippen LogP contribution in [0.25, 0.3) is 24.3 Å². The first-order valence-electron chi connectivity index (χ1n) is 7.68. The number of aromatic nitrogens is 3. The molecule has 3 nitrogen and oxygen atoms in total. The summed E-state index contributed by atoms with van der Waals surface area (Å²) in [5, 5.41) is 1.42. The summed E-state index contributed by atoms with van der Waals surface area (Å²) in [7, 11) is 0. The van der Waals surface area contributed by atoms with Crippen molar-refractivity contribution in [2.24, 2.45) is 0 Å². The Morgan fingerprint density at radius 2 is 1.00 bits per heavy atom. The second-order valence-corrected chi connectivity index (χ2v) is 6.24. The highest BCUT2D eigenvalue weighted by molar-refractivity contribution is 6.30. The monoisotopic (exact) mass is 367 g/mol. The molecule has 0 aliphatic rings. The lowest BCUT2D eigenvalue weighted by atomic mass is 10.2. The van der Waals surface area contributed by atoms with Crippen LogP contribution in [0.4, 0.5) is 0 Å². The third kappa shape index (κ3) is 5.24. The molecule has 5 heteroatoms. The molecule has 0 saturated carbocycles. The highest BCUT2D eigenvalue weighted by Gasteiger charge is 1.99. The van der Waals surface area contributed by atoms with Crippen molar-refractivity contribution in [2.75, 3.05) is 0 Å². The molecule has 0 saturated heterocycles. The van der Waals surface area contributed by atoms with E-state index < -0.39 is 0 Å². The van der Waals surface area contributed by atoms with Gasteiger partial charge in [0.15, 0.2) is 11.6 Å². The molecule has 3 aromatic rings. The Hall–Kier alpha value is -2.49. The Labute approximate surface area is 156 Å². The number of aryl methyl sites for hydroxylation is 1. The fraction of sp³-hybridized carbons (Fsp3) is 0.0500. The molecule has 0 aliphatic heterocycles. The van der Waals surface area contributed by atoms with E-state index in [9.17, 15) is 0 Å². The zero-order valence-corrected chi connectivity index (χ0v) is 15.0. The summed E-state index contributed by atoms with van der Waals surface area (Å²) in [5.41, 5.74) is 2.06. The van der Waals surface area contributed by atoms with Gasteiger partial charge in [0.2, 0.25) is 0 Å². The molecule has 0 bridgehead atoms.